The Morgan fingerprint density at radius 3 is 3.09 bits per heavy atom. The number of aromatic nitrogens is 2. The predicted molar refractivity (Wildman–Crippen MR) is 81.6 cm³/mol. The van der Waals surface area contributed by atoms with E-state index in [1.165, 1.54) is 6.08 Å². The second-order valence-electron chi connectivity index (χ2n) is 4.90. The minimum atomic E-state index is -0.129. The number of fused-ring (bicyclic) bond motifs is 1. The lowest BCUT2D eigenvalue weighted by Crippen LogP contribution is -2.25. The van der Waals surface area contributed by atoms with Crippen LogP contribution < -0.4 is 14.8 Å². The van der Waals surface area contributed by atoms with Gasteiger partial charge in [-0.2, -0.15) is 0 Å². The van der Waals surface area contributed by atoms with Crippen molar-refractivity contribution in [2.75, 3.05) is 13.3 Å². The summed E-state index contributed by atoms with van der Waals surface area (Å²) >= 11 is 0. The summed E-state index contributed by atoms with van der Waals surface area (Å²) in [6.45, 7) is 3.44. The maximum absolute atomic E-state index is 11.8. The molecule has 2 heterocycles. The highest BCUT2D eigenvalue weighted by Crippen LogP contribution is 2.32. The highest BCUT2D eigenvalue weighted by molar-refractivity contribution is 5.91. The molecule has 0 radical (unpaired) electrons. The molecule has 0 aliphatic carbocycles. The van der Waals surface area contributed by atoms with Crippen LogP contribution in [0.25, 0.3) is 6.08 Å². The van der Waals surface area contributed by atoms with E-state index in [-0.39, 0.29) is 12.7 Å². The van der Waals surface area contributed by atoms with Crippen molar-refractivity contribution in [1.29, 1.82) is 0 Å². The first-order chi connectivity index (χ1) is 10.7. The van der Waals surface area contributed by atoms with Gasteiger partial charge in [-0.15, -0.1) is 0 Å². The number of nitrogens with one attached hydrogen (secondary N) is 1. The van der Waals surface area contributed by atoms with E-state index in [1.54, 1.807) is 12.3 Å². The summed E-state index contributed by atoms with van der Waals surface area (Å²) in [7, 11) is 0. The number of nitrogens with zero attached hydrogens (tertiary/aromatic N) is 2. The highest BCUT2D eigenvalue weighted by Gasteiger charge is 2.12. The summed E-state index contributed by atoms with van der Waals surface area (Å²) in [5.74, 6) is 2.25. The van der Waals surface area contributed by atoms with Crippen LogP contribution in [-0.4, -0.2) is 28.8 Å². The topological polar surface area (TPSA) is 65.4 Å². The third-order valence-electron chi connectivity index (χ3n) is 3.40. The molecule has 1 aromatic carbocycles. The van der Waals surface area contributed by atoms with E-state index in [4.69, 9.17) is 9.47 Å². The number of rotatable bonds is 5. The molecule has 114 valence electrons. The molecule has 1 aliphatic heterocycles. The fourth-order valence-corrected chi connectivity index (χ4v) is 2.19. The zero-order valence-electron chi connectivity index (χ0n) is 12.3. The zero-order chi connectivity index (χ0) is 15.4. The van der Waals surface area contributed by atoms with Gasteiger partial charge in [0.2, 0.25) is 12.7 Å². The maximum atomic E-state index is 11.8. The number of ether oxygens (including phenoxy) is 2. The van der Waals surface area contributed by atoms with Gasteiger partial charge >= 0.3 is 0 Å². The number of benzene rings is 1. The smallest absolute Gasteiger partial charge is 0.244 e. The summed E-state index contributed by atoms with van der Waals surface area (Å²) in [4.78, 5) is 15.9. The average molecular weight is 299 g/mol. The SMILES string of the molecule is Cc1nccn1CCNC(=O)/C=C/c1ccc2c(c1)OCO2. The number of hydrogen-bond acceptors (Lipinski definition) is 4. The molecule has 0 saturated heterocycles. The average Bonchev–Trinajstić information content (AvgIpc) is 3.14. The minimum absolute atomic E-state index is 0.129. The fourth-order valence-electron chi connectivity index (χ4n) is 2.19. The molecular weight excluding hydrogens is 282 g/mol. The van der Waals surface area contributed by atoms with Crippen LogP contribution in [-0.2, 0) is 11.3 Å². The largest absolute Gasteiger partial charge is 0.454 e. The molecule has 1 amide bonds. The molecule has 0 unspecified atom stereocenters. The van der Waals surface area contributed by atoms with Crippen LogP contribution in [0.5, 0.6) is 11.5 Å². The molecule has 0 saturated carbocycles. The summed E-state index contributed by atoms with van der Waals surface area (Å²) in [5, 5.41) is 2.84. The summed E-state index contributed by atoms with van der Waals surface area (Å²) in [5.41, 5.74) is 0.893. The molecule has 0 atom stereocenters. The second-order valence-corrected chi connectivity index (χ2v) is 4.90. The van der Waals surface area contributed by atoms with Crippen LogP contribution in [0.1, 0.15) is 11.4 Å². The standard InChI is InChI=1S/C16H17N3O3/c1-12-17-6-8-19(12)9-7-18-16(20)5-3-13-2-4-14-15(10-13)22-11-21-14/h2-6,8,10H,7,9,11H2,1H3,(H,18,20)/b5-3+. The van der Waals surface area contributed by atoms with Crippen molar-refractivity contribution in [3.63, 3.8) is 0 Å². The number of amides is 1. The van der Waals surface area contributed by atoms with Gasteiger partial charge in [0.15, 0.2) is 11.5 Å². The lowest BCUT2D eigenvalue weighted by Gasteiger charge is -2.05. The Morgan fingerprint density at radius 2 is 2.27 bits per heavy atom. The molecule has 0 fully saturated rings. The molecule has 2 aromatic rings. The van der Waals surface area contributed by atoms with Crippen LogP contribution in [0.2, 0.25) is 0 Å². The fraction of sp³-hybridized carbons (Fsp3) is 0.250. The van der Waals surface area contributed by atoms with Crippen molar-refractivity contribution in [3.05, 3.63) is 48.1 Å². The lowest BCUT2D eigenvalue weighted by molar-refractivity contribution is -0.116. The Hall–Kier alpha value is -2.76. The Balaban J connectivity index is 1.50. The van der Waals surface area contributed by atoms with Gasteiger partial charge in [0.1, 0.15) is 5.82 Å². The molecule has 1 N–H and O–H groups in total. The monoisotopic (exact) mass is 299 g/mol. The Morgan fingerprint density at radius 1 is 1.41 bits per heavy atom. The van der Waals surface area contributed by atoms with Crippen LogP contribution in [0.3, 0.4) is 0 Å². The van der Waals surface area contributed by atoms with Crippen molar-refractivity contribution < 1.29 is 14.3 Å². The first-order valence-electron chi connectivity index (χ1n) is 7.06. The Labute approximate surface area is 128 Å². The van der Waals surface area contributed by atoms with Gasteiger partial charge in [-0.05, 0) is 30.7 Å². The summed E-state index contributed by atoms with van der Waals surface area (Å²) < 4.78 is 12.5. The van der Waals surface area contributed by atoms with Crippen LogP contribution in [0.15, 0.2) is 36.7 Å². The number of carbonyl (C=O) groups excluding carboxylic acids is 1. The quantitative estimate of drug-likeness (QED) is 0.854. The van der Waals surface area contributed by atoms with Crippen molar-refractivity contribution in [3.8, 4) is 11.5 Å². The van der Waals surface area contributed by atoms with Crippen LogP contribution >= 0.6 is 0 Å². The molecule has 1 aliphatic rings. The first kappa shape index (κ1) is 14.2. The second kappa shape index (κ2) is 6.34. The van der Waals surface area contributed by atoms with Crippen molar-refractivity contribution in [2.24, 2.45) is 0 Å². The van der Waals surface area contributed by atoms with Crippen LogP contribution in [0, 0.1) is 6.92 Å². The van der Waals surface area contributed by atoms with Gasteiger partial charge in [0, 0.05) is 31.6 Å². The maximum Gasteiger partial charge on any atom is 0.244 e. The molecule has 0 bridgehead atoms. The number of imidazole rings is 1. The summed E-state index contributed by atoms with van der Waals surface area (Å²) in [6, 6.07) is 5.56. The van der Waals surface area contributed by atoms with E-state index in [0.29, 0.717) is 18.8 Å². The number of aryl methyl sites for hydroxylation is 1. The molecule has 6 heteroatoms. The molecular formula is C16H17N3O3. The van der Waals surface area contributed by atoms with E-state index in [0.717, 1.165) is 17.1 Å². The first-order valence-corrected chi connectivity index (χ1v) is 7.06. The van der Waals surface area contributed by atoms with Gasteiger partial charge < -0.3 is 19.4 Å². The van der Waals surface area contributed by atoms with Gasteiger partial charge in [-0.3, -0.25) is 4.79 Å². The van der Waals surface area contributed by atoms with E-state index in [9.17, 15) is 4.79 Å². The van der Waals surface area contributed by atoms with E-state index in [2.05, 4.69) is 10.3 Å². The van der Waals surface area contributed by atoms with Crippen molar-refractivity contribution >= 4 is 12.0 Å². The lowest BCUT2D eigenvalue weighted by atomic mass is 10.2. The Kier molecular flexibility index (Phi) is 4.09. The molecule has 1 aromatic heterocycles. The van der Waals surface area contributed by atoms with Crippen LogP contribution in [0.4, 0.5) is 0 Å². The zero-order valence-corrected chi connectivity index (χ0v) is 12.3. The van der Waals surface area contributed by atoms with Gasteiger partial charge in [-0.25, -0.2) is 4.98 Å². The molecule has 6 nitrogen and oxygen atoms in total. The van der Waals surface area contributed by atoms with Crippen molar-refractivity contribution in [1.82, 2.24) is 14.9 Å². The molecule has 3 rings (SSSR count). The number of carbonyl (C=O) groups is 1. The van der Waals surface area contributed by atoms with E-state index in [1.807, 2.05) is 35.9 Å². The predicted octanol–water partition coefficient (Wildman–Crippen LogP) is 1.75. The van der Waals surface area contributed by atoms with Crippen molar-refractivity contribution in [2.45, 2.75) is 13.5 Å². The highest BCUT2D eigenvalue weighted by atomic mass is 16.7. The van der Waals surface area contributed by atoms with E-state index >= 15 is 0 Å². The summed E-state index contributed by atoms with van der Waals surface area (Å²) in [6.07, 6.45) is 6.90. The molecule has 22 heavy (non-hydrogen) atoms. The Bertz CT molecular complexity index is 706. The van der Waals surface area contributed by atoms with Gasteiger partial charge in [0.05, 0.1) is 0 Å². The minimum Gasteiger partial charge on any atom is -0.454 e. The van der Waals surface area contributed by atoms with Gasteiger partial charge in [-0.1, -0.05) is 6.07 Å². The van der Waals surface area contributed by atoms with Gasteiger partial charge in [0.25, 0.3) is 0 Å². The third kappa shape index (κ3) is 3.28. The normalized spacial score (nSPS) is 12.8. The third-order valence-corrected chi connectivity index (χ3v) is 3.40. The number of hydrogen-bond donors (Lipinski definition) is 1. The molecule has 0 spiro atoms. The van der Waals surface area contributed by atoms with E-state index < -0.39 is 0 Å².